The van der Waals surface area contributed by atoms with Gasteiger partial charge in [-0.25, -0.2) is 12.1 Å². The van der Waals surface area contributed by atoms with Crippen LogP contribution in [0.5, 0.6) is 0 Å². The van der Waals surface area contributed by atoms with Crippen molar-refractivity contribution in [3.8, 4) is 11.1 Å². The van der Waals surface area contributed by atoms with Crippen LogP contribution in [0, 0.1) is 16.9 Å². The number of alkyl halides is 2. The van der Waals surface area contributed by atoms with Crippen molar-refractivity contribution in [1.29, 1.82) is 0 Å². The molecule has 3 aromatic carbocycles. The van der Waals surface area contributed by atoms with Crippen LogP contribution in [-0.4, -0.2) is 4.33 Å². The zero-order valence-electron chi connectivity index (χ0n) is 18.9. The van der Waals surface area contributed by atoms with E-state index in [0.29, 0.717) is 0 Å². The van der Waals surface area contributed by atoms with Crippen molar-refractivity contribution in [2.24, 2.45) is 10.8 Å². The van der Waals surface area contributed by atoms with Crippen molar-refractivity contribution < 1.29 is 26.2 Å². The molecule has 30 heavy (non-hydrogen) atoms. The SMILES string of the molecule is CC(C)(C)C(Cl)(Cl)C(C)(C)C.[Zr+2].[c-]1cccc2c1Cc1ccccc1-2.c1cc[cH-]c1. The van der Waals surface area contributed by atoms with E-state index < -0.39 is 4.33 Å². The first kappa shape index (κ1) is 27.3. The van der Waals surface area contributed by atoms with Gasteiger partial charge in [0.15, 0.2) is 0 Å². The summed E-state index contributed by atoms with van der Waals surface area (Å²) < 4.78 is -0.681. The Morgan fingerprint density at radius 1 is 0.767 bits per heavy atom. The topological polar surface area (TPSA) is 0 Å². The van der Waals surface area contributed by atoms with Gasteiger partial charge in [-0.05, 0) is 17.3 Å². The van der Waals surface area contributed by atoms with E-state index in [2.05, 4.69) is 84.0 Å². The molecule has 0 N–H and O–H groups in total. The molecule has 0 bridgehead atoms. The van der Waals surface area contributed by atoms with E-state index in [4.69, 9.17) is 23.2 Å². The van der Waals surface area contributed by atoms with E-state index in [-0.39, 0.29) is 37.0 Å². The summed E-state index contributed by atoms with van der Waals surface area (Å²) in [7, 11) is 0. The minimum Gasteiger partial charge on any atom is -0.214 e. The van der Waals surface area contributed by atoms with Crippen molar-refractivity contribution in [1.82, 2.24) is 0 Å². The van der Waals surface area contributed by atoms with Crippen LogP contribution in [-0.2, 0) is 32.6 Å². The quantitative estimate of drug-likeness (QED) is 0.161. The second-order valence-electron chi connectivity index (χ2n) is 9.43. The van der Waals surface area contributed by atoms with Crippen LogP contribution in [0.25, 0.3) is 11.1 Å². The third-order valence-corrected chi connectivity index (χ3v) is 7.32. The third-order valence-electron chi connectivity index (χ3n) is 5.06. The van der Waals surface area contributed by atoms with Crippen LogP contribution >= 0.6 is 23.2 Å². The Morgan fingerprint density at radius 2 is 1.30 bits per heavy atom. The van der Waals surface area contributed by atoms with Gasteiger partial charge in [-0.2, -0.15) is 48.0 Å². The zero-order chi connectivity index (χ0) is 21.7. The van der Waals surface area contributed by atoms with Crippen LogP contribution in [0.15, 0.2) is 72.8 Å². The molecule has 0 spiro atoms. The van der Waals surface area contributed by atoms with Gasteiger partial charge < -0.3 is 0 Å². The summed E-state index contributed by atoms with van der Waals surface area (Å²) in [5.74, 6) is 0. The average molecular weight is 519 g/mol. The normalized spacial score (nSPS) is 12.3. The third kappa shape index (κ3) is 6.88. The summed E-state index contributed by atoms with van der Waals surface area (Å²) >= 11 is 12.5. The number of fused-ring (bicyclic) bond motifs is 3. The minimum absolute atomic E-state index is 0. The summed E-state index contributed by atoms with van der Waals surface area (Å²) in [6.45, 7) is 12.3. The van der Waals surface area contributed by atoms with E-state index in [1.807, 2.05) is 36.4 Å². The fraction of sp³-hybridized carbons (Fsp3) is 0.370. The van der Waals surface area contributed by atoms with Gasteiger partial charge in [0.2, 0.25) is 0 Å². The van der Waals surface area contributed by atoms with Gasteiger partial charge in [0.1, 0.15) is 4.33 Å². The van der Waals surface area contributed by atoms with Crippen LogP contribution in [0.3, 0.4) is 0 Å². The Balaban J connectivity index is 0.000000241. The van der Waals surface area contributed by atoms with E-state index in [1.54, 1.807) is 0 Å². The molecule has 1 aliphatic rings. The van der Waals surface area contributed by atoms with Gasteiger partial charge in [-0.15, -0.1) is 28.8 Å². The van der Waals surface area contributed by atoms with Crippen molar-refractivity contribution in [3.05, 3.63) is 90.0 Å². The molecule has 0 unspecified atom stereocenters. The van der Waals surface area contributed by atoms with Crippen LogP contribution in [0.2, 0.25) is 0 Å². The maximum atomic E-state index is 6.25. The standard InChI is InChI=1S/C13H9.C9H18Cl2.C5H5.Zr/c1-3-7-12-10(5-1)9-11-6-2-4-8-13(11)12;1-7(2,3)9(10,11)8(4,5)6;1-2-4-5-3-1;/h1-5,7-8H,9H2;1-6H3;1-5H;/q-1;;-1;+2. The molecule has 0 heterocycles. The van der Waals surface area contributed by atoms with Crippen LogP contribution < -0.4 is 0 Å². The Morgan fingerprint density at radius 3 is 1.77 bits per heavy atom. The molecule has 0 atom stereocenters. The number of hydrogen-bond donors (Lipinski definition) is 0. The van der Waals surface area contributed by atoms with Gasteiger partial charge in [0.25, 0.3) is 0 Å². The maximum Gasteiger partial charge on any atom is 2.00 e. The van der Waals surface area contributed by atoms with E-state index >= 15 is 0 Å². The molecule has 3 heteroatoms. The van der Waals surface area contributed by atoms with Crippen LogP contribution in [0.4, 0.5) is 0 Å². The summed E-state index contributed by atoms with van der Waals surface area (Å²) in [4.78, 5) is 0. The summed E-state index contributed by atoms with van der Waals surface area (Å²) in [6, 6.07) is 28.1. The smallest absolute Gasteiger partial charge is 0.214 e. The Hall–Kier alpha value is -0.747. The van der Waals surface area contributed by atoms with Crippen molar-refractivity contribution in [3.63, 3.8) is 0 Å². The largest absolute Gasteiger partial charge is 2.00 e. The Labute approximate surface area is 212 Å². The number of hydrogen-bond acceptors (Lipinski definition) is 0. The Kier molecular flexibility index (Phi) is 10.2. The van der Waals surface area contributed by atoms with Gasteiger partial charge >= 0.3 is 26.2 Å². The summed E-state index contributed by atoms with van der Waals surface area (Å²) in [5.41, 5.74) is 5.33. The predicted octanol–water partition coefficient (Wildman–Crippen LogP) is 8.71. The molecule has 4 rings (SSSR count). The van der Waals surface area contributed by atoms with Crippen molar-refractivity contribution >= 4 is 23.2 Å². The second kappa shape index (κ2) is 11.2. The first-order valence-corrected chi connectivity index (χ1v) is 10.8. The average Bonchev–Trinajstić information content (AvgIpc) is 3.32. The number of halogens is 2. The van der Waals surface area contributed by atoms with Gasteiger partial charge in [-0.1, -0.05) is 76.9 Å². The molecule has 0 saturated carbocycles. The monoisotopic (exact) mass is 516 g/mol. The molecular formula is C27H32Cl2Zr. The first-order chi connectivity index (χ1) is 13.4. The molecular weight excluding hydrogens is 486 g/mol. The second-order valence-corrected chi connectivity index (χ2v) is 10.8. The molecule has 158 valence electrons. The van der Waals surface area contributed by atoms with E-state index in [0.717, 1.165) is 6.42 Å². The Bertz CT molecular complexity index is 805. The van der Waals surface area contributed by atoms with Crippen LogP contribution in [0.1, 0.15) is 52.7 Å². The maximum absolute atomic E-state index is 6.25. The van der Waals surface area contributed by atoms with Crippen molar-refractivity contribution in [2.75, 3.05) is 0 Å². The van der Waals surface area contributed by atoms with Gasteiger partial charge in [0, 0.05) is 0 Å². The van der Waals surface area contributed by atoms with E-state index in [9.17, 15) is 0 Å². The van der Waals surface area contributed by atoms with Crippen molar-refractivity contribution in [2.45, 2.75) is 52.3 Å². The number of benzene rings is 2. The fourth-order valence-electron chi connectivity index (χ4n) is 3.44. The summed E-state index contributed by atoms with van der Waals surface area (Å²) in [6.07, 6.45) is 1.05. The molecule has 0 aliphatic heterocycles. The van der Waals surface area contributed by atoms with E-state index in [1.165, 1.54) is 22.3 Å². The molecule has 0 fully saturated rings. The molecule has 0 saturated heterocycles. The molecule has 1 aliphatic carbocycles. The van der Waals surface area contributed by atoms with Gasteiger partial charge in [-0.3, -0.25) is 0 Å². The fourth-order valence-corrected chi connectivity index (χ4v) is 3.44. The zero-order valence-corrected chi connectivity index (χ0v) is 22.9. The first-order valence-electron chi connectivity index (χ1n) is 10.1. The minimum atomic E-state index is -0.681. The number of rotatable bonds is 0. The van der Waals surface area contributed by atoms with Gasteiger partial charge in [0.05, 0.1) is 0 Å². The molecule has 3 aromatic rings. The molecule has 0 amide bonds. The predicted molar refractivity (Wildman–Crippen MR) is 129 cm³/mol. The molecule has 0 nitrogen and oxygen atoms in total. The molecule has 0 radical (unpaired) electrons. The molecule has 0 aromatic heterocycles. The summed E-state index contributed by atoms with van der Waals surface area (Å²) in [5, 5.41) is 0.